The standard InChI is InChI=1S/C36H38O/c1-2-34(31-19-11-5-12-20-31)25-35(32-21-13-6-14-22-32)23-30(28-15-7-3-8-16-28)24-36(26-34,27-35)33(37)29-17-9-4-10-18-29/h3-9,11-17,19-22,30H,2,10,18,23-27H2,1H3. The lowest BCUT2D eigenvalue weighted by atomic mass is 9.41. The van der Waals surface area contributed by atoms with Crippen LogP contribution in [0.15, 0.2) is 115 Å². The molecule has 0 saturated heterocycles. The highest BCUT2D eigenvalue weighted by Gasteiger charge is 2.61. The monoisotopic (exact) mass is 486 g/mol. The highest BCUT2D eigenvalue weighted by atomic mass is 16.1. The number of ketones is 1. The minimum absolute atomic E-state index is 0.0161. The lowest BCUT2D eigenvalue weighted by molar-refractivity contribution is -0.135. The van der Waals surface area contributed by atoms with E-state index in [0.717, 1.165) is 56.9 Å². The van der Waals surface area contributed by atoms with Crippen molar-refractivity contribution in [2.24, 2.45) is 5.41 Å². The number of rotatable bonds is 6. The molecule has 0 aliphatic heterocycles. The summed E-state index contributed by atoms with van der Waals surface area (Å²) in [5.74, 6) is 0.802. The van der Waals surface area contributed by atoms with E-state index in [4.69, 9.17) is 0 Å². The number of carbonyl (C=O) groups excluding carboxylic acids is 1. The Balaban J connectivity index is 1.57. The van der Waals surface area contributed by atoms with Crippen LogP contribution >= 0.6 is 0 Å². The smallest absolute Gasteiger partial charge is 0.165 e. The summed E-state index contributed by atoms with van der Waals surface area (Å²) in [6.07, 6.45) is 14.3. The molecular weight excluding hydrogens is 448 g/mol. The van der Waals surface area contributed by atoms with Gasteiger partial charge in [-0.3, -0.25) is 4.79 Å². The molecule has 0 heterocycles. The molecule has 3 aromatic rings. The SMILES string of the molecule is CCC1(c2ccccc2)CC2(C(=O)C3=CC=CCC3)CC(c3ccccc3)CC(c3ccccc3)(C2)C1. The Morgan fingerprint density at radius 1 is 0.784 bits per heavy atom. The fourth-order valence-electron chi connectivity index (χ4n) is 8.35. The van der Waals surface area contributed by atoms with Crippen molar-refractivity contribution < 1.29 is 4.79 Å². The molecule has 0 N–H and O–H groups in total. The summed E-state index contributed by atoms with van der Waals surface area (Å²) in [5, 5.41) is 0. The molecule has 2 saturated carbocycles. The molecule has 0 radical (unpaired) electrons. The predicted molar refractivity (Wildman–Crippen MR) is 153 cm³/mol. The Morgan fingerprint density at radius 3 is 2.05 bits per heavy atom. The van der Waals surface area contributed by atoms with Crippen molar-refractivity contribution in [2.45, 2.75) is 75.0 Å². The second-order valence-corrected chi connectivity index (χ2v) is 12.0. The van der Waals surface area contributed by atoms with Crippen molar-refractivity contribution in [1.82, 2.24) is 0 Å². The molecule has 4 unspecified atom stereocenters. The van der Waals surface area contributed by atoms with Crippen molar-refractivity contribution in [3.05, 3.63) is 131 Å². The number of hydrogen-bond donors (Lipinski definition) is 0. The third-order valence-corrected chi connectivity index (χ3v) is 9.81. The van der Waals surface area contributed by atoms with Gasteiger partial charge in [-0.25, -0.2) is 0 Å². The first-order chi connectivity index (χ1) is 18.1. The second-order valence-electron chi connectivity index (χ2n) is 12.0. The predicted octanol–water partition coefficient (Wildman–Crippen LogP) is 8.87. The topological polar surface area (TPSA) is 17.1 Å². The lowest BCUT2D eigenvalue weighted by Crippen LogP contribution is -2.57. The van der Waals surface area contributed by atoms with Crippen molar-refractivity contribution >= 4 is 5.78 Å². The van der Waals surface area contributed by atoms with E-state index in [1.807, 2.05) is 0 Å². The van der Waals surface area contributed by atoms with Crippen LogP contribution in [0.2, 0.25) is 0 Å². The Hall–Kier alpha value is -3.19. The van der Waals surface area contributed by atoms with Crippen molar-refractivity contribution in [3.8, 4) is 0 Å². The van der Waals surface area contributed by atoms with Gasteiger partial charge in [0.1, 0.15) is 0 Å². The normalized spacial score (nSPS) is 30.9. The van der Waals surface area contributed by atoms with Crippen LogP contribution in [0.25, 0.3) is 0 Å². The molecule has 0 amide bonds. The molecule has 0 spiro atoms. The molecule has 188 valence electrons. The Kier molecular flexibility index (Phi) is 6.27. The van der Waals surface area contributed by atoms with Gasteiger partial charge in [0.25, 0.3) is 0 Å². The number of hydrogen-bond acceptors (Lipinski definition) is 1. The number of fused-ring (bicyclic) bond motifs is 2. The van der Waals surface area contributed by atoms with E-state index >= 15 is 0 Å². The number of benzene rings is 3. The van der Waals surface area contributed by atoms with Crippen molar-refractivity contribution in [1.29, 1.82) is 0 Å². The van der Waals surface area contributed by atoms with Crippen molar-refractivity contribution in [2.75, 3.05) is 0 Å². The summed E-state index contributed by atoms with van der Waals surface area (Å²) >= 11 is 0. The van der Waals surface area contributed by atoms with Crippen LogP contribution in [-0.4, -0.2) is 5.78 Å². The summed E-state index contributed by atoms with van der Waals surface area (Å²) < 4.78 is 0. The molecule has 1 heteroatoms. The minimum atomic E-state index is -0.365. The van der Waals surface area contributed by atoms with Crippen LogP contribution < -0.4 is 0 Å². The third-order valence-electron chi connectivity index (χ3n) is 9.81. The minimum Gasteiger partial charge on any atom is -0.294 e. The van der Waals surface area contributed by atoms with Crippen LogP contribution in [0, 0.1) is 5.41 Å². The van der Waals surface area contributed by atoms with Gasteiger partial charge in [0.15, 0.2) is 5.78 Å². The maximum atomic E-state index is 14.8. The van der Waals surface area contributed by atoms with E-state index in [0.29, 0.717) is 11.7 Å². The molecule has 3 aliphatic carbocycles. The Morgan fingerprint density at radius 2 is 1.43 bits per heavy atom. The molecule has 3 aromatic carbocycles. The van der Waals surface area contributed by atoms with Gasteiger partial charge in [-0.05, 0) is 90.4 Å². The summed E-state index contributed by atoms with van der Waals surface area (Å²) in [6.45, 7) is 2.35. The van der Waals surface area contributed by atoms with E-state index < -0.39 is 0 Å². The third kappa shape index (κ3) is 4.23. The largest absolute Gasteiger partial charge is 0.294 e. The summed E-state index contributed by atoms with van der Waals surface area (Å²) in [4.78, 5) is 14.8. The second kappa shape index (κ2) is 9.60. The number of Topliss-reactive ketones (excluding diaryl/α,β-unsaturated/α-hetero) is 1. The molecule has 4 atom stereocenters. The molecule has 6 rings (SSSR count). The molecule has 37 heavy (non-hydrogen) atoms. The highest BCUT2D eigenvalue weighted by molar-refractivity contribution is 6.01. The van der Waals surface area contributed by atoms with Gasteiger partial charge in [0.05, 0.1) is 0 Å². The van der Waals surface area contributed by atoms with Gasteiger partial charge >= 0.3 is 0 Å². The number of allylic oxidation sites excluding steroid dienone is 4. The maximum absolute atomic E-state index is 14.8. The molecule has 0 aromatic heterocycles. The first-order valence-corrected chi connectivity index (χ1v) is 14.1. The number of carbonyl (C=O) groups is 1. The van der Waals surface area contributed by atoms with E-state index in [1.54, 1.807) is 0 Å². The van der Waals surface area contributed by atoms with E-state index in [9.17, 15) is 4.79 Å². The van der Waals surface area contributed by atoms with E-state index in [2.05, 4.69) is 116 Å². The van der Waals surface area contributed by atoms with Crippen LogP contribution in [0.5, 0.6) is 0 Å². The zero-order valence-electron chi connectivity index (χ0n) is 22.0. The average molecular weight is 487 g/mol. The molecule has 2 fully saturated rings. The first kappa shape index (κ1) is 24.2. The van der Waals surface area contributed by atoms with Gasteiger partial charge in [-0.2, -0.15) is 0 Å². The molecule has 2 bridgehead atoms. The van der Waals surface area contributed by atoms with Crippen LogP contribution in [0.1, 0.15) is 80.9 Å². The fraction of sp³-hybridized carbons (Fsp3) is 0.361. The fourth-order valence-corrected chi connectivity index (χ4v) is 8.35. The van der Waals surface area contributed by atoms with Gasteiger partial charge in [-0.1, -0.05) is 116 Å². The highest BCUT2D eigenvalue weighted by Crippen LogP contribution is 2.66. The summed E-state index contributed by atoms with van der Waals surface area (Å²) in [6, 6.07) is 33.3. The summed E-state index contributed by atoms with van der Waals surface area (Å²) in [7, 11) is 0. The van der Waals surface area contributed by atoms with Crippen molar-refractivity contribution in [3.63, 3.8) is 0 Å². The Labute approximate surface area is 222 Å². The van der Waals surface area contributed by atoms with Gasteiger partial charge in [0, 0.05) is 5.41 Å². The average Bonchev–Trinajstić information content (AvgIpc) is 2.98. The summed E-state index contributed by atoms with van der Waals surface area (Å²) in [5.41, 5.74) is 4.83. The van der Waals surface area contributed by atoms with Crippen LogP contribution in [0.3, 0.4) is 0 Å². The van der Waals surface area contributed by atoms with E-state index in [1.165, 1.54) is 16.7 Å². The maximum Gasteiger partial charge on any atom is 0.165 e. The van der Waals surface area contributed by atoms with Crippen LogP contribution in [-0.2, 0) is 15.6 Å². The van der Waals surface area contributed by atoms with Crippen LogP contribution in [0.4, 0.5) is 0 Å². The van der Waals surface area contributed by atoms with Gasteiger partial charge in [-0.15, -0.1) is 0 Å². The molecule has 3 aliphatic rings. The van der Waals surface area contributed by atoms with Gasteiger partial charge in [0.2, 0.25) is 0 Å². The zero-order valence-corrected chi connectivity index (χ0v) is 22.0. The van der Waals surface area contributed by atoms with Gasteiger partial charge < -0.3 is 0 Å². The molecule has 1 nitrogen and oxygen atoms in total. The lowest BCUT2D eigenvalue weighted by Gasteiger charge is -2.61. The van der Waals surface area contributed by atoms with E-state index in [-0.39, 0.29) is 16.2 Å². The quantitative estimate of drug-likeness (QED) is 0.340. The first-order valence-electron chi connectivity index (χ1n) is 14.1. The zero-order chi connectivity index (χ0) is 25.3. The molecular formula is C36H38O. The Bertz CT molecular complexity index is 1300.